The molecule has 4 heterocycles. The minimum Gasteiger partial charge on any atom is -0.377 e. The van der Waals surface area contributed by atoms with E-state index in [4.69, 9.17) is 4.74 Å². The van der Waals surface area contributed by atoms with Crippen LogP contribution in [0.2, 0.25) is 0 Å². The average Bonchev–Trinajstić information content (AvgIpc) is 3.17. The molecule has 128 valence electrons. The summed E-state index contributed by atoms with van der Waals surface area (Å²) in [6.07, 6.45) is 0.984. The lowest BCUT2D eigenvalue weighted by atomic mass is 10.0. The zero-order valence-corrected chi connectivity index (χ0v) is 13.9. The van der Waals surface area contributed by atoms with Crippen molar-refractivity contribution in [1.29, 1.82) is 0 Å². The van der Waals surface area contributed by atoms with Crippen molar-refractivity contribution >= 4 is 11.9 Å². The quantitative estimate of drug-likeness (QED) is 0.838. The van der Waals surface area contributed by atoms with Crippen LogP contribution in [0.4, 0.5) is 5.95 Å². The molecule has 0 spiro atoms. The fraction of sp³-hybridized carbons (Fsp3) is 0.600. The van der Waals surface area contributed by atoms with Gasteiger partial charge in [-0.15, -0.1) is 5.10 Å². The van der Waals surface area contributed by atoms with Gasteiger partial charge in [0.25, 0.3) is 5.91 Å². The van der Waals surface area contributed by atoms with E-state index in [0.29, 0.717) is 25.7 Å². The third-order valence-corrected chi connectivity index (χ3v) is 4.60. The summed E-state index contributed by atoms with van der Waals surface area (Å²) >= 11 is 0. The molecule has 0 bridgehead atoms. The van der Waals surface area contributed by atoms with Gasteiger partial charge in [-0.3, -0.25) is 9.89 Å². The maximum absolute atomic E-state index is 13.0. The summed E-state index contributed by atoms with van der Waals surface area (Å²) in [5.41, 5.74) is 2.87. The van der Waals surface area contributed by atoms with Crippen LogP contribution in [-0.2, 0) is 11.3 Å². The van der Waals surface area contributed by atoms with Crippen molar-refractivity contribution in [3.05, 3.63) is 22.8 Å². The van der Waals surface area contributed by atoms with E-state index in [0.717, 1.165) is 36.5 Å². The zero-order chi connectivity index (χ0) is 16.7. The molecular formula is C15H21N7O2. The van der Waals surface area contributed by atoms with Crippen molar-refractivity contribution < 1.29 is 9.53 Å². The Kier molecular flexibility index (Phi) is 3.72. The number of rotatable bonds is 2. The molecule has 24 heavy (non-hydrogen) atoms. The number of amides is 1. The summed E-state index contributed by atoms with van der Waals surface area (Å²) < 4.78 is 7.38. The van der Waals surface area contributed by atoms with Gasteiger partial charge in [0, 0.05) is 30.9 Å². The van der Waals surface area contributed by atoms with Gasteiger partial charge >= 0.3 is 0 Å². The van der Waals surface area contributed by atoms with Crippen molar-refractivity contribution in [2.24, 2.45) is 0 Å². The Morgan fingerprint density at radius 3 is 2.96 bits per heavy atom. The highest BCUT2D eigenvalue weighted by molar-refractivity contribution is 5.91. The van der Waals surface area contributed by atoms with E-state index in [2.05, 4.69) is 25.6 Å². The van der Waals surface area contributed by atoms with Gasteiger partial charge in [0.1, 0.15) is 0 Å². The van der Waals surface area contributed by atoms with E-state index >= 15 is 0 Å². The van der Waals surface area contributed by atoms with Crippen LogP contribution < -0.4 is 5.32 Å². The number of carbonyl (C=O) groups is 1. The number of hydrogen-bond acceptors (Lipinski definition) is 6. The number of H-pyrrole nitrogens is 1. The number of nitrogens with zero attached hydrogens (tertiary/aromatic N) is 5. The lowest BCUT2D eigenvalue weighted by Gasteiger charge is -2.35. The third-order valence-electron chi connectivity index (χ3n) is 4.60. The standard InChI is InChI=1S/C15H21N7O2/c1-9-12(10(2)19-18-9)11-8-24-7-6-21(11)14(23)13-17-15-16-4-3-5-22(15)20-13/h11H,3-8H2,1-2H3,(H,18,19)(H,16,17,20). The fourth-order valence-corrected chi connectivity index (χ4v) is 3.41. The van der Waals surface area contributed by atoms with Crippen LogP contribution in [-0.4, -0.2) is 62.1 Å². The number of aryl methyl sites for hydroxylation is 3. The second-order valence-electron chi connectivity index (χ2n) is 6.20. The maximum Gasteiger partial charge on any atom is 0.294 e. The zero-order valence-electron chi connectivity index (χ0n) is 13.9. The van der Waals surface area contributed by atoms with E-state index in [1.54, 1.807) is 9.58 Å². The Hall–Kier alpha value is -2.42. The van der Waals surface area contributed by atoms with Gasteiger partial charge < -0.3 is 15.0 Å². The van der Waals surface area contributed by atoms with Crippen LogP contribution >= 0.6 is 0 Å². The molecule has 1 amide bonds. The van der Waals surface area contributed by atoms with E-state index in [1.807, 2.05) is 13.8 Å². The van der Waals surface area contributed by atoms with Gasteiger partial charge in [0.05, 0.1) is 24.9 Å². The van der Waals surface area contributed by atoms with Crippen LogP contribution in [0.1, 0.15) is 40.0 Å². The number of aromatic nitrogens is 5. The number of nitrogens with one attached hydrogen (secondary N) is 2. The Bertz CT molecular complexity index is 723. The molecule has 2 N–H and O–H groups in total. The maximum atomic E-state index is 13.0. The molecule has 0 aromatic carbocycles. The van der Waals surface area contributed by atoms with E-state index in [9.17, 15) is 4.79 Å². The van der Waals surface area contributed by atoms with E-state index < -0.39 is 0 Å². The Morgan fingerprint density at radius 2 is 2.21 bits per heavy atom. The minimum atomic E-state index is -0.168. The highest BCUT2D eigenvalue weighted by Gasteiger charge is 2.34. The van der Waals surface area contributed by atoms with Crippen molar-refractivity contribution in [3.63, 3.8) is 0 Å². The van der Waals surface area contributed by atoms with Crippen molar-refractivity contribution in [1.82, 2.24) is 29.9 Å². The summed E-state index contributed by atoms with van der Waals surface area (Å²) in [5, 5.41) is 14.8. The van der Waals surface area contributed by atoms with Gasteiger partial charge in [0.15, 0.2) is 0 Å². The SMILES string of the molecule is Cc1n[nH]c(C)c1C1COCCN1C(=O)c1nc2n(n1)CCCN2. The number of carbonyl (C=O) groups excluding carboxylic acids is 1. The number of anilines is 1. The second-order valence-corrected chi connectivity index (χ2v) is 6.20. The predicted octanol–water partition coefficient (Wildman–Crippen LogP) is 0.647. The Balaban J connectivity index is 1.65. The van der Waals surface area contributed by atoms with Crippen LogP contribution in [0.15, 0.2) is 0 Å². The molecule has 0 aliphatic carbocycles. The first kappa shape index (κ1) is 15.1. The highest BCUT2D eigenvalue weighted by Crippen LogP contribution is 2.29. The molecule has 9 heteroatoms. The van der Waals surface area contributed by atoms with Crippen molar-refractivity contribution in [2.75, 3.05) is 31.6 Å². The molecule has 9 nitrogen and oxygen atoms in total. The molecule has 1 fully saturated rings. The molecule has 0 radical (unpaired) electrons. The normalized spacial score (nSPS) is 20.6. The van der Waals surface area contributed by atoms with E-state index in [1.165, 1.54) is 0 Å². The van der Waals surface area contributed by atoms with Gasteiger partial charge in [0.2, 0.25) is 11.8 Å². The summed E-state index contributed by atoms with van der Waals surface area (Å²) in [5.74, 6) is 0.752. The first-order valence-electron chi connectivity index (χ1n) is 8.24. The van der Waals surface area contributed by atoms with E-state index in [-0.39, 0.29) is 17.8 Å². The molecule has 1 atom stereocenters. The van der Waals surface area contributed by atoms with Gasteiger partial charge in [-0.2, -0.15) is 10.1 Å². The smallest absolute Gasteiger partial charge is 0.294 e. The number of aromatic amines is 1. The van der Waals surface area contributed by atoms with Crippen molar-refractivity contribution in [2.45, 2.75) is 32.9 Å². The number of fused-ring (bicyclic) bond motifs is 1. The fourth-order valence-electron chi connectivity index (χ4n) is 3.41. The molecule has 2 aromatic heterocycles. The lowest BCUT2D eigenvalue weighted by molar-refractivity contribution is -0.00367. The van der Waals surface area contributed by atoms with Crippen LogP contribution in [0.3, 0.4) is 0 Å². The first-order chi connectivity index (χ1) is 11.6. The molecule has 2 aromatic rings. The summed E-state index contributed by atoms with van der Waals surface area (Å²) in [4.78, 5) is 19.2. The Labute approximate surface area is 139 Å². The monoisotopic (exact) mass is 331 g/mol. The lowest BCUT2D eigenvalue weighted by Crippen LogP contribution is -2.44. The van der Waals surface area contributed by atoms with Gasteiger partial charge in [-0.1, -0.05) is 0 Å². The highest BCUT2D eigenvalue weighted by atomic mass is 16.5. The average molecular weight is 331 g/mol. The number of morpholine rings is 1. The first-order valence-corrected chi connectivity index (χ1v) is 8.24. The summed E-state index contributed by atoms with van der Waals surface area (Å²) in [6, 6.07) is -0.168. The topological polar surface area (TPSA) is 101 Å². The molecule has 4 rings (SSSR count). The molecule has 1 saturated heterocycles. The molecule has 0 saturated carbocycles. The molecular weight excluding hydrogens is 310 g/mol. The third kappa shape index (κ3) is 2.44. The van der Waals surface area contributed by atoms with Crippen LogP contribution in [0, 0.1) is 13.8 Å². The van der Waals surface area contributed by atoms with Gasteiger partial charge in [-0.25, -0.2) is 4.68 Å². The molecule has 2 aliphatic rings. The van der Waals surface area contributed by atoms with Crippen LogP contribution in [0.5, 0.6) is 0 Å². The second kappa shape index (κ2) is 5.90. The largest absolute Gasteiger partial charge is 0.377 e. The number of hydrogen-bond donors (Lipinski definition) is 2. The van der Waals surface area contributed by atoms with Crippen molar-refractivity contribution in [3.8, 4) is 0 Å². The summed E-state index contributed by atoms with van der Waals surface area (Å²) in [6.45, 7) is 7.04. The minimum absolute atomic E-state index is 0.160. The van der Waals surface area contributed by atoms with Crippen LogP contribution in [0.25, 0.3) is 0 Å². The van der Waals surface area contributed by atoms with Gasteiger partial charge in [-0.05, 0) is 20.3 Å². The Morgan fingerprint density at radius 1 is 1.33 bits per heavy atom. The summed E-state index contributed by atoms with van der Waals surface area (Å²) in [7, 11) is 0. The molecule has 1 unspecified atom stereocenters. The predicted molar refractivity (Wildman–Crippen MR) is 85.8 cm³/mol. The molecule has 2 aliphatic heterocycles. The number of ether oxygens (including phenoxy) is 1.